The lowest BCUT2D eigenvalue weighted by Gasteiger charge is -2.40. The number of hydrogen-bond acceptors (Lipinski definition) is 13. The largest absolute Gasteiger partial charge is 0.459 e. The minimum Gasteiger partial charge on any atom is -0.459 e. The Morgan fingerprint density at radius 2 is 1.60 bits per heavy atom. The Hall–Kier alpha value is -3.73. The van der Waals surface area contributed by atoms with Crippen LogP contribution in [0.2, 0.25) is 0 Å². The molecule has 1 saturated carbocycles. The standard InChI is InChI=1S/C48H75N3O12/c1-29-13-8-7-9-14-31(3)40(60-6)28-36-15-12-23-48(59,63-36)44(55)45(56)51-24-11-10-16-38(51)46(57)62-39(37(49)27-34-18-20-35(21-19-34)61-47(50)58)22-17-30(2)26-33(5)42(53)43(54)41(52)32(4)25-29/h7-9,13-14,26,29-30,32,34-40,42-43,53-54,59H,10-12,15-25,27-28,49H2,1-6H3,(H2,50,58)/b9-7+,13-8+,31-14+,33-26+/t29-,30+,32-,34-,35-,36+,37-,38+,39+,40+,42-,43+,48-/m1/s1. The number of allylic oxidation sites excluding steroid dienone is 6. The number of ether oxygens (including phenoxy) is 4. The highest BCUT2D eigenvalue weighted by molar-refractivity contribution is 6.39. The van der Waals surface area contributed by atoms with Crippen LogP contribution in [0, 0.1) is 23.7 Å². The Labute approximate surface area is 373 Å². The molecule has 3 aliphatic heterocycles. The molecule has 2 amide bonds. The zero-order valence-corrected chi connectivity index (χ0v) is 38.3. The fraction of sp³-hybridized carbons (Fsp3) is 0.729. The van der Waals surface area contributed by atoms with Crippen molar-refractivity contribution >= 4 is 29.5 Å². The molecule has 3 heterocycles. The van der Waals surface area contributed by atoms with Gasteiger partial charge in [0.25, 0.3) is 11.7 Å². The smallest absolute Gasteiger partial charge is 0.404 e. The van der Waals surface area contributed by atoms with E-state index < -0.39 is 83.8 Å². The predicted octanol–water partition coefficient (Wildman–Crippen LogP) is 5.27. The molecule has 0 unspecified atom stereocenters. The van der Waals surface area contributed by atoms with Gasteiger partial charge in [0.2, 0.25) is 5.79 Å². The van der Waals surface area contributed by atoms with Gasteiger partial charge in [0.15, 0.2) is 5.78 Å². The van der Waals surface area contributed by atoms with Gasteiger partial charge < -0.3 is 50.6 Å². The third-order valence-electron chi connectivity index (χ3n) is 13.4. The molecule has 0 aromatic carbocycles. The molecule has 11 atom stereocenters. The fourth-order valence-electron chi connectivity index (χ4n) is 9.63. The van der Waals surface area contributed by atoms with Crippen molar-refractivity contribution < 1.29 is 58.2 Å². The van der Waals surface area contributed by atoms with E-state index in [-0.39, 0.29) is 43.2 Å². The van der Waals surface area contributed by atoms with Gasteiger partial charge >= 0.3 is 12.1 Å². The third-order valence-corrected chi connectivity index (χ3v) is 13.4. The van der Waals surface area contributed by atoms with E-state index in [0.717, 1.165) is 18.4 Å². The summed E-state index contributed by atoms with van der Waals surface area (Å²) in [6.45, 7) is 9.33. The summed E-state index contributed by atoms with van der Waals surface area (Å²) in [5.41, 5.74) is 13.4. The Morgan fingerprint density at radius 1 is 0.889 bits per heavy atom. The predicted molar refractivity (Wildman–Crippen MR) is 236 cm³/mol. The normalized spacial score (nSPS) is 38.8. The summed E-state index contributed by atoms with van der Waals surface area (Å²) in [5, 5.41) is 33.7. The zero-order valence-electron chi connectivity index (χ0n) is 38.3. The molecule has 354 valence electrons. The van der Waals surface area contributed by atoms with Crippen molar-refractivity contribution in [2.45, 2.75) is 185 Å². The molecule has 1 aliphatic carbocycles. The average Bonchev–Trinajstić information content (AvgIpc) is 3.25. The van der Waals surface area contributed by atoms with Gasteiger partial charge in [0, 0.05) is 38.5 Å². The Bertz CT molecular complexity index is 1690. The van der Waals surface area contributed by atoms with Crippen LogP contribution in [0.3, 0.4) is 0 Å². The lowest BCUT2D eigenvalue weighted by molar-refractivity contribution is -0.245. The van der Waals surface area contributed by atoms with E-state index >= 15 is 0 Å². The Kier molecular flexibility index (Phi) is 20.2. The number of nitrogens with zero attached hydrogens (tertiary/aromatic N) is 1. The van der Waals surface area contributed by atoms with Crippen LogP contribution in [0.5, 0.6) is 0 Å². The van der Waals surface area contributed by atoms with Crippen molar-refractivity contribution in [3.8, 4) is 0 Å². The molecule has 4 rings (SSSR count). The van der Waals surface area contributed by atoms with Crippen molar-refractivity contribution in [2.24, 2.45) is 35.1 Å². The molecule has 2 bridgehead atoms. The molecule has 63 heavy (non-hydrogen) atoms. The summed E-state index contributed by atoms with van der Waals surface area (Å²) >= 11 is 0. The van der Waals surface area contributed by atoms with Gasteiger partial charge in [-0.25, -0.2) is 9.59 Å². The molecular formula is C48H75N3O12. The van der Waals surface area contributed by atoms with E-state index in [1.165, 1.54) is 4.90 Å². The molecule has 0 radical (unpaired) electrons. The molecule has 15 heteroatoms. The van der Waals surface area contributed by atoms with Crippen molar-refractivity contribution in [1.82, 2.24) is 4.90 Å². The lowest BCUT2D eigenvalue weighted by Crippen LogP contribution is -2.58. The summed E-state index contributed by atoms with van der Waals surface area (Å²) in [4.78, 5) is 68.0. The van der Waals surface area contributed by atoms with Crippen LogP contribution in [-0.4, -0.2) is 118 Å². The van der Waals surface area contributed by atoms with Crippen LogP contribution in [0.15, 0.2) is 47.6 Å². The summed E-state index contributed by atoms with van der Waals surface area (Å²) in [6.07, 6.45) is 12.5. The van der Waals surface area contributed by atoms with E-state index in [4.69, 9.17) is 30.4 Å². The second kappa shape index (κ2) is 24.5. The van der Waals surface area contributed by atoms with Crippen LogP contribution in [0.1, 0.15) is 131 Å². The van der Waals surface area contributed by atoms with Crippen LogP contribution in [-0.2, 0) is 38.1 Å². The fourth-order valence-corrected chi connectivity index (χ4v) is 9.63. The molecule has 0 aromatic rings. The highest BCUT2D eigenvalue weighted by Gasteiger charge is 2.49. The first-order valence-electron chi connectivity index (χ1n) is 23.1. The van der Waals surface area contributed by atoms with Gasteiger partial charge in [-0.15, -0.1) is 0 Å². The number of ketones is 2. The molecule has 0 spiro atoms. The quantitative estimate of drug-likeness (QED) is 0.135. The van der Waals surface area contributed by atoms with Crippen molar-refractivity contribution in [3.05, 3.63) is 47.6 Å². The second-order valence-corrected chi connectivity index (χ2v) is 18.7. The maximum atomic E-state index is 14.2. The maximum Gasteiger partial charge on any atom is 0.404 e. The number of piperidine rings is 1. The Balaban J connectivity index is 1.62. The van der Waals surface area contributed by atoms with E-state index in [0.29, 0.717) is 76.2 Å². The minimum atomic E-state index is -2.37. The number of aliphatic hydroxyl groups is 3. The molecular weight excluding hydrogens is 811 g/mol. The van der Waals surface area contributed by atoms with Crippen molar-refractivity contribution in [2.75, 3.05) is 13.7 Å². The van der Waals surface area contributed by atoms with Crippen molar-refractivity contribution in [3.63, 3.8) is 0 Å². The van der Waals surface area contributed by atoms with E-state index in [2.05, 4.69) is 0 Å². The zero-order chi connectivity index (χ0) is 46.4. The monoisotopic (exact) mass is 886 g/mol. The third kappa shape index (κ3) is 15.2. The van der Waals surface area contributed by atoms with E-state index in [1.807, 2.05) is 51.2 Å². The van der Waals surface area contributed by atoms with Gasteiger partial charge in [0.1, 0.15) is 30.5 Å². The van der Waals surface area contributed by atoms with Crippen LogP contribution in [0.4, 0.5) is 4.79 Å². The van der Waals surface area contributed by atoms with Crippen LogP contribution in [0.25, 0.3) is 0 Å². The number of carbonyl (C=O) groups excluding carboxylic acids is 5. The Morgan fingerprint density at radius 3 is 2.29 bits per heavy atom. The topological polar surface area (TPSA) is 238 Å². The van der Waals surface area contributed by atoms with Crippen LogP contribution < -0.4 is 11.5 Å². The molecule has 2 saturated heterocycles. The van der Waals surface area contributed by atoms with Gasteiger partial charge in [0.05, 0.1) is 12.2 Å². The van der Waals surface area contributed by atoms with Gasteiger partial charge in [-0.1, -0.05) is 57.2 Å². The number of cyclic esters (lactones) is 1. The number of primary amides is 1. The molecule has 7 N–H and O–H groups in total. The molecule has 15 nitrogen and oxygen atoms in total. The van der Waals surface area contributed by atoms with Gasteiger partial charge in [-0.2, -0.15) is 0 Å². The van der Waals surface area contributed by atoms with E-state index in [1.54, 1.807) is 27.0 Å². The summed E-state index contributed by atoms with van der Waals surface area (Å²) in [5.74, 6) is -6.18. The SMILES string of the molecule is CO[C@H]1C[C@@H]2CCC[C@@](O)(O2)C(=O)C(=O)N2CCCC[C@H]2C(=O)O[C@H]([C@H](N)C[C@H]2CC[C@H](OC(N)=O)CC2)CC[C@H](C)/C=C(\C)[C@@H](O)[C@@H](O)C(=O)[C@H](C)C[C@H](C)/C=C/C=C/C=C/1C. The number of carbonyl (C=O) groups is 5. The second-order valence-electron chi connectivity index (χ2n) is 18.7. The number of hydrogen-bond donors (Lipinski definition) is 5. The first kappa shape index (κ1) is 51.9. The highest BCUT2D eigenvalue weighted by atomic mass is 16.6. The number of aliphatic hydroxyl groups excluding tert-OH is 2. The highest BCUT2D eigenvalue weighted by Crippen LogP contribution is 2.34. The molecule has 4 aliphatic rings. The number of amides is 2. The average molecular weight is 886 g/mol. The van der Waals surface area contributed by atoms with E-state index in [9.17, 15) is 39.3 Å². The summed E-state index contributed by atoms with van der Waals surface area (Å²) in [6, 6.07) is -1.69. The molecule has 3 fully saturated rings. The van der Waals surface area contributed by atoms with Crippen LogP contribution >= 0.6 is 0 Å². The van der Waals surface area contributed by atoms with Gasteiger partial charge in [-0.3, -0.25) is 14.4 Å². The summed E-state index contributed by atoms with van der Waals surface area (Å²) in [7, 11) is 1.57. The number of methoxy groups -OCH3 is 1. The first-order chi connectivity index (χ1) is 29.8. The van der Waals surface area contributed by atoms with Gasteiger partial charge in [-0.05, 0) is 126 Å². The first-order valence-corrected chi connectivity index (χ1v) is 23.1. The summed E-state index contributed by atoms with van der Waals surface area (Å²) < 4.78 is 23.2. The number of esters is 1. The number of Topliss-reactive ketones (excluding diaryl/α,β-unsaturated/α-hetero) is 2. The number of nitrogens with two attached hydrogens (primary N) is 2. The number of rotatable bonds is 5. The maximum absolute atomic E-state index is 14.2. The molecule has 0 aromatic heterocycles. The minimum absolute atomic E-state index is 0.000666. The number of fused-ring (bicyclic) bond motifs is 3. The van der Waals surface area contributed by atoms with Crippen molar-refractivity contribution in [1.29, 1.82) is 0 Å². The lowest BCUT2D eigenvalue weighted by atomic mass is 9.82.